The molecule has 0 radical (unpaired) electrons. The molecule has 1 aliphatic heterocycles. The first-order valence-corrected chi connectivity index (χ1v) is 7.59. The molecule has 0 bridgehead atoms. The highest BCUT2D eigenvalue weighted by Crippen LogP contribution is 2.35. The molecule has 19 heavy (non-hydrogen) atoms. The molecule has 1 aromatic heterocycles. The predicted molar refractivity (Wildman–Crippen MR) is 77.5 cm³/mol. The Morgan fingerprint density at radius 3 is 2.58 bits per heavy atom. The lowest BCUT2D eigenvalue weighted by Crippen LogP contribution is -2.29. The number of aromatic nitrogens is 2. The van der Waals surface area contributed by atoms with E-state index >= 15 is 0 Å². The van der Waals surface area contributed by atoms with Gasteiger partial charge in [0, 0.05) is 32.0 Å². The van der Waals surface area contributed by atoms with Gasteiger partial charge in [0.2, 0.25) is 5.95 Å². The highest BCUT2D eigenvalue weighted by Gasteiger charge is 2.20. The number of nitrogens with one attached hydrogen (secondary N) is 1. The van der Waals surface area contributed by atoms with Crippen molar-refractivity contribution in [1.29, 1.82) is 0 Å². The first kappa shape index (κ1) is 12.9. The SMILES string of the molecule is CN(CCC1CCCN1)c1ncc(C2CCC2)cn1. The average Bonchev–Trinajstić information content (AvgIpc) is 2.88. The van der Waals surface area contributed by atoms with Crippen molar-refractivity contribution in [3.63, 3.8) is 0 Å². The summed E-state index contributed by atoms with van der Waals surface area (Å²) in [4.78, 5) is 11.2. The second kappa shape index (κ2) is 5.87. The van der Waals surface area contributed by atoms with Gasteiger partial charge in [-0.1, -0.05) is 6.42 Å². The minimum absolute atomic E-state index is 0.691. The Labute approximate surface area is 115 Å². The Morgan fingerprint density at radius 2 is 2.00 bits per heavy atom. The molecule has 2 fully saturated rings. The summed E-state index contributed by atoms with van der Waals surface area (Å²) in [6, 6.07) is 0.691. The molecule has 1 saturated carbocycles. The van der Waals surface area contributed by atoms with Crippen LogP contribution in [0.4, 0.5) is 5.95 Å². The number of hydrogen-bond acceptors (Lipinski definition) is 4. The fourth-order valence-corrected chi connectivity index (χ4v) is 2.93. The average molecular weight is 260 g/mol. The van der Waals surface area contributed by atoms with Gasteiger partial charge in [-0.05, 0) is 50.1 Å². The van der Waals surface area contributed by atoms with Gasteiger partial charge in [0.05, 0.1) is 0 Å². The second-order valence-corrected chi connectivity index (χ2v) is 5.95. The van der Waals surface area contributed by atoms with Gasteiger partial charge in [0.15, 0.2) is 0 Å². The first-order chi connectivity index (χ1) is 9.33. The van der Waals surface area contributed by atoms with Crippen LogP contribution in [0.1, 0.15) is 50.0 Å². The van der Waals surface area contributed by atoms with Gasteiger partial charge in [0.1, 0.15) is 0 Å². The van der Waals surface area contributed by atoms with Crippen molar-refractivity contribution < 1.29 is 0 Å². The quantitative estimate of drug-likeness (QED) is 0.882. The molecule has 0 aromatic carbocycles. The van der Waals surface area contributed by atoms with E-state index in [1.807, 2.05) is 12.4 Å². The zero-order valence-electron chi connectivity index (χ0n) is 11.8. The van der Waals surface area contributed by atoms with E-state index in [0.29, 0.717) is 6.04 Å². The lowest BCUT2D eigenvalue weighted by Gasteiger charge is -2.25. The Hall–Kier alpha value is -1.16. The van der Waals surface area contributed by atoms with Crippen molar-refractivity contribution >= 4 is 5.95 Å². The number of hydrogen-bond donors (Lipinski definition) is 1. The highest BCUT2D eigenvalue weighted by molar-refractivity contribution is 5.29. The summed E-state index contributed by atoms with van der Waals surface area (Å²) in [5, 5.41) is 3.54. The van der Waals surface area contributed by atoms with E-state index in [1.165, 1.54) is 50.6 Å². The Kier molecular flexibility index (Phi) is 3.97. The normalized spacial score (nSPS) is 23.3. The molecule has 1 unspecified atom stereocenters. The number of rotatable bonds is 5. The summed E-state index contributed by atoms with van der Waals surface area (Å²) in [6.07, 6.45) is 11.9. The standard InChI is InChI=1S/C15H24N4/c1-19(9-7-14-6-3-8-16-14)15-17-10-13(11-18-15)12-4-2-5-12/h10-12,14,16H,2-9H2,1H3. The van der Waals surface area contributed by atoms with Crippen LogP contribution >= 0.6 is 0 Å². The molecule has 2 aliphatic rings. The van der Waals surface area contributed by atoms with Crippen molar-refractivity contribution in [2.45, 2.75) is 50.5 Å². The molecule has 1 N–H and O–H groups in total. The number of nitrogens with zero attached hydrogens (tertiary/aromatic N) is 3. The topological polar surface area (TPSA) is 41.0 Å². The summed E-state index contributed by atoms with van der Waals surface area (Å²) in [5.74, 6) is 1.59. The fraction of sp³-hybridized carbons (Fsp3) is 0.733. The molecular formula is C15H24N4. The molecule has 3 rings (SSSR count). The highest BCUT2D eigenvalue weighted by atomic mass is 15.2. The molecule has 0 amide bonds. The molecular weight excluding hydrogens is 236 g/mol. The molecule has 1 saturated heterocycles. The van der Waals surface area contributed by atoms with Crippen LogP contribution in [0, 0.1) is 0 Å². The van der Waals surface area contributed by atoms with E-state index in [2.05, 4.69) is 27.2 Å². The lowest BCUT2D eigenvalue weighted by molar-refractivity contribution is 0.417. The van der Waals surface area contributed by atoms with E-state index < -0.39 is 0 Å². The minimum Gasteiger partial charge on any atom is -0.344 e. The summed E-state index contributed by atoms with van der Waals surface area (Å²) < 4.78 is 0. The largest absolute Gasteiger partial charge is 0.344 e. The van der Waals surface area contributed by atoms with E-state index in [1.54, 1.807) is 0 Å². The van der Waals surface area contributed by atoms with Crippen LogP contribution < -0.4 is 10.2 Å². The Bertz CT molecular complexity index is 393. The van der Waals surface area contributed by atoms with Gasteiger partial charge in [-0.3, -0.25) is 0 Å². The van der Waals surface area contributed by atoms with E-state index in [0.717, 1.165) is 18.4 Å². The van der Waals surface area contributed by atoms with E-state index in [-0.39, 0.29) is 0 Å². The Balaban J connectivity index is 1.52. The zero-order chi connectivity index (χ0) is 13.1. The molecule has 4 heteroatoms. The predicted octanol–water partition coefficient (Wildman–Crippen LogP) is 2.32. The van der Waals surface area contributed by atoms with E-state index in [9.17, 15) is 0 Å². The van der Waals surface area contributed by atoms with Crippen molar-refractivity contribution in [1.82, 2.24) is 15.3 Å². The van der Waals surface area contributed by atoms with Gasteiger partial charge in [-0.2, -0.15) is 0 Å². The third-order valence-electron chi connectivity index (χ3n) is 4.55. The molecule has 1 atom stereocenters. The second-order valence-electron chi connectivity index (χ2n) is 5.95. The van der Waals surface area contributed by atoms with Gasteiger partial charge in [-0.25, -0.2) is 9.97 Å². The van der Waals surface area contributed by atoms with Crippen molar-refractivity contribution in [2.24, 2.45) is 0 Å². The van der Waals surface area contributed by atoms with Crippen LogP contribution in [0.3, 0.4) is 0 Å². The molecule has 1 aromatic rings. The van der Waals surface area contributed by atoms with Crippen LogP contribution in [0.2, 0.25) is 0 Å². The first-order valence-electron chi connectivity index (χ1n) is 7.59. The van der Waals surface area contributed by atoms with Crippen LogP contribution in [0.15, 0.2) is 12.4 Å². The maximum atomic E-state index is 4.52. The fourth-order valence-electron chi connectivity index (χ4n) is 2.93. The maximum Gasteiger partial charge on any atom is 0.224 e. The zero-order valence-corrected chi connectivity index (χ0v) is 11.8. The van der Waals surface area contributed by atoms with Crippen LogP contribution in [0.25, 0.3) is 0 Å². The molecule has 4 nitrogen and oxygen atoms in total. The summed E-state index contributed by atoms with van der Waals surface area (Å²) in [6.45, 7) is 2.21. The summed E-state index contributed by atoms with van der Waals surface area (Å²) in [7, 11) is 2.09. The minimum atomic E-state index is 0.691. The third kappa shape index (κ3) is 3.06. The third-order valence-corrected chi connectivity index (χ3v) is 4.55. The number of anilines is 1. The summed E-state index contributed by atoms with van der Waals surface area (Å²) >= 11 is 0. The Morgan fingerprint density at radius 1 is 1.21 bits per heavy atom. The van der Waals surface area contributed by atoms with Gasteiger partial charge in [0.25, 0.3) is 0 Å². The molecule has 2 heterocycles. The lowest BCUT2D eigenvalue weighted by atomic mass is 9.81. The molecule has 104 valence electrons. The van der Waals surface area contributed by atoms with Gasteiger partial charge in [-0.15, -0.1) is 0 Å². The molecule has 1 aliphatic carbocycles. The summed E-state index contributed by atoms with van der Waals surface area (Å²) in [5.41, 5.74) is 1.32. The smallest absolute Gasteiger partial charge is 0.224 e. The van der Waals surface area contributed by atoms with Crippen molar-refractivity contribution in [3.8, 4) is 0 Å². The van der Waals surface area contributed by atoms with E-state index in [4.69, 9.17) is 0 Å². The van der Waals surface area contributed by atoms with Crippen molar-refractivity contribution in [2.75, 3.05) is 25.0 Å². The maximum absolute atomic E-state index is 4.52. The monoisotopic (exact) mass is 260 g/mol. The van der Waals surface area contributed by atoms with Crippen LogP contribution in [-0.4, -0.2) is 36.1 Å². The van der Waals surface area contributed by atoms with Gasteiger partial charge >= 0.3 is 0 Å². The van der Waals surface area contributed by atoms with Crippen molar-refractivity contribution in [3.05, 3.63) is 18.0 Å². The van der Waals surface area contributed by atoms with Gasteiger partial charge < -0.3 is 10.2 Å². The molecule has 0 spiro atoms. The van der Waals surface area contributed by atoms with Crippen LogP contribution in [-0.2, 0) is 0 Å². The van der Waals surface area contributed by atoms with Crippen LogP contribution in [0.5, 0.6) is 0 Å².